The number of ether oxygens (including phenoxy) is 1. The summed E-state index contributed by atoms with van der Waals surface area (Å²) in [6, 6.07) is 11.5. The summed E-state index contributed by atoms with van der Waals surface area (Å²) < 4.78 is 31.6. The second kappa shape index (κ2) is 9.73. The van der Waals surface area contributed by atoms with Crippen LogP contribution in [0.25, 0.3) is 0 Å². The number of Topliss-reactive ketones (excluding diaryl/α,β-unsaturated/α-hetero) is 1. The molecule has 1 heterocycles. The highest BCUT2D eigenvalue weighted by atomic mass is 32.2. The molecule has 0 bridgehead atoms. The topological polar surface area (TPSA) is 131 Å². The van der Waals surface area contributed by atoms with E-state index < -0.39 is 34.4 Å². The van der Waals surface area contributed by atoms with E-state index in [1.54, 1.807) is 30.3 Å². The Bertz CT molecular complexity index is 1170. The van der Waals surface area contributed by atoms with E-state index >= 15 is 0 Å². The molecular formula is C22H23N3O6S. The van der Waals surface area contributed by atoms with Crippen molar-refractivity contribution in [3.05, 3.63) is 59.7 Å². The van der Waals surface area contributed by atoms with Crippen molar-refractivity contribution < 1.29 is 27.5 Å². The van der Waals surface area contributed by atoms with Gasteiger partial charge in [-0.3, -0.25) is 19.3 Å². The van der Waals surface area contributed by atoms with Crippen LogP contribution in [0.1, 0.15) is 42.6 Å². The van der Waals surface area contributed by atoms with Crippen molar-refractivity contribution in [3.8, 4) is 0 Å². The molecule has 1 aliphatic heterocycles. The fourth-order valence-corrected chi connectivity index (χ4v) is 4.25. The molecule has 0 spiro atoms. The predicted molar refractivity (Wildman–Crippen MR) is 118 cm³/mol. The maximum atomic E-state index is 12.3. The van der Waals surface area contributed by atoms with Crippen molar-refractivity contribution in [3.63, 3.8) is 0 Å². The first kappa shape index (κ1) is 23.1. The average Bonchev–Trinajstić information content (AvgIpc) is 3.02. The summed E-state index contributed by atoms with van der Waals surface area (Å²) in [6.07, 6.45) is 1.14. The number of carbonyl (C=O) groups excluding carboxylic acids is 3. The van der Waals surface area contributed by atoms with Gasteiger partial charge in [0.05, 0.1) is 4.90 Å². The van der Waals surface area contributed by atoms with Gasteiger partial charge in [0.15, 0.2) is 12.4 Å². The Kier molecular flexibility index (Phi) is 7.04. The van der Waals surface area contributed by atoms with Crippen LogP contribution in [0, 0.1) is 0 Å². The van der Waals surface area contributed by atoms with Crippen LogP contribution in [-0.4, -0.2) is 44.6 Å². The fraction of sp³-hybridized carbons (Fsp3) is 0.273. The predicted octanol–water partition coefficient (Wildman–Crippen LogP) is 2.28. The number of nitrogens with one attached hydrogen (secondary N) is 2. The number of anilines is 1. The van der Waals surface area contributed by atoms with Crippen molar-refractivity contribution in [1.29, 1.82) is 0 Å². The zero-order chi connectivity index (χ0) is 23.3. The minimum absolute atomic E-state index is 0.0529. The average molecular weight is 458 g/mol. The molecule has 1 atom stereocenters. The van der Waals surface area contributed by atoms with E-state index in [4.69, 9.17) is 4.74 Å². The number of rotatable bonds is 8. The number of nitrogens with zero attached hydrogens (tertiary/aromatic N) is 1. The van der Waals surface area contributed by atoms with Gasteiger partial charge < -0.3 is 10.1 Å². The zero-order valence-corrected chi connectivity index (χ0v) is 18.4. The van der Waals surface area contributed by atoms with Crippen LogP contribution in [-0.2, 0) is 24.3 Å². The summed E-state index contributed by atoms with van der Waals surface area (Å²) >= 11 is 0. The van der Waals surface area contributed by atoms with Gasteiger partial charge in [-0.1, -0.05) is 19.1 Å². The van der Waals surface area contributed by atoms with Crippen LogP contribution in [0.5, 0.6) is 0 Å². The molecule has 2 aromatic carbocycles. The Morgan fingerprint density at radius 1 is 1.09 bits per heavy atom. The van der Waals surface area contributed by atoms with Gasteiger partial charge >= 0.3 is 5.97 Å². The van der Waals surface area contributed by atoms with Gasteiger partial charge in [-0.25, -0.2) is 13.2 Å². The van der Waals surface area contributed by atoms with Crippen LogP contribution in [0.3, 0.4) is 0 Å². The van der Waals surface area contributed by atoms with Crippen molar-refractivity contribution in [1.82, 2.24) is 4.72 Å². The van der Waals surface area contributed by atoms with Gasteiger partial charge in [0, 0.05) is 23.2 Å². The largest absolute Gasteiger partial charge is 0.456 e. The zero-order valence-electron chi connectivity index (χ0n) is 17.6. The second-order valence-electron chi connectivity index (χ2n) is 7.16. The molecule has 1 aliphatic rings. The summed E-state index contributed by atoms with van der Waals surface area (Å²) in [6.45, 7) is 2.86. The number of aliphatic imine (C=N–C) groups is 1. The van der Waals surface area contributed by atoms with E-state index in [0.29, 0.717) is 23.2 Å². The number of hydrogen-bond acceptors (Lipinski definition) is 7. The minimum Gasteiger partial charge on any atom is -0.456 e. The monoisotopic (exact) mass is 457 g/mol. The van der Waals surface area contributed by atoms with Crippen molar-refractivity contribution in [2.75, 3.05) is 11.9 Å². The molecule has 1 unspecified atom stereocenters. The molecule has 3 rings (SSSR count). The third-order valence-electron chi connectivity index (χ3n) is 4.64. The van der Waals surface area contributed by atoms with Gasteiger partial charge in [0.1, 0.15) is 11.9 Å². The smallest absolute Gasteiger partial charge is 0.331 e. The fourth-order valence-electron chi connectivity index (χ4n) is 3.01. The number of fused-ring (bicyclic) bond motifs is 1. The van der Waals surface area contributed by atoms with E-state index in [1.807, 2.05) is 6.92 Å². The lowest BCUT2D eigenvalue weighted by Gasteiger charge is -2.09. The summed E-state index contributed by atoms with van der Waals surface area (Å²) in [4.78, 5) is 40.4. The molecule has 0 radical (unpaired) electrons. The van der Waals surface area contributed by atoms with E-state index in [9.17, 15) is 22.8 Å². The molecule has 2 N–H and O–H groups in total. The summed E-state index contributed by atoms with van der Waals surface area (Å²) in [5.41, 5.74) is 1.26. The summed E-state index contributed by atoms with van der Waals surface area (Å²) in [5, 5.41) is 2.72. The van der Waals surface area contributed by atoms with Gasteiger partial charge in [0.25, 0.3) is 10.0 Å². The summed E-state index contributed by atoms with van der Waals surface area (Å²) in [5.74, 6) is -1.24. The standard InChI is InChI=1S/C22H23N3O6S/c1-3-6-20(27)24-16-11-9-15(10-12-16)18(26)13-31-22(28)14(2)23-21-17-7-4-5-8-19(17)32(29,30)25-21/h4-5,7-12,14H,3,6,13H2,1-2H3,(H,23,25)(H,24,27). The third kappa shape index (κ3) is 5.38. The number of benzene rings is 2. The first-order valence-corrected chi connectivity index (χ1v) is 11.5. The highest BCUT2D eigenvalue weighted by Crippen LogP contribution is 2.22. The van der Waals surface area contributed by atoms with Gasteiger partial charge in [-0.15, -0.1) is 0 Å². The lowest BCUT2D eigenvalue weighted by Crippen LogP contribution is -2.27. The van der Waals surface area contributed by atoms with Crippen molar-refractivity contribution in [2.24, 2.45) is 4.99 Å². The Hall–Kier alpha value is -3.53. The molecule has 9 nitrogen and oxygen atoms in total. The molecule has 0 aromatic heterocycles. The second-order valence-corrected chi connectivity index (χ2v) is 8.81. The molecule has 0 aliphatic carbocycles. The van der Waals surface area contributed by atoms with Gasteiger partial charge in [0.2, 0.25) is 5.91 Å². The Labute approximate surface area is 185 Å². The van der Waals surface area contributed by atoms with Crippen LogP contribution in [0.15, 0.2) is 58.4 Å². The molecule has 0 fully saturated rings. The number of hydrogen-bond donors (Lipinski definition) is 2. The highest BCUT2D eigenvalue weighted by molar-refractivity contribution is 7.90. The molecule has 0 saturated carbocycles. The number of amidine groups is 1. The maximum Gasteiger partial charge on any atom is 0.331 e. The van der Waals surface area contributed by atoms with Crippen LogP contribution in [0.2, 0.25) is 0 Å². The molecule has 32 heavy (non-hydrogen) atoms. The molecule has 2 aromatic rings. The first-order valence-electron chi connectivity index (χ1n) is 10.0. The maximum absolute atomic E-state index is 12.3. The number of esters is 1. The van der Waals surface area contributed by atoms with E-state index in [-0.39, 0.29) is 16.6 Å². The molecule has 1 amide bonds. The molecule has 10 heteroatoms. The molecule has 0 saturated heterocycles. The van der Waals surface area contributed by atoms with Crippen molar-refractivity contribution in [2.45, 2.75) is 37.6 Å². The Morgan fingerprint density at radius 3 is 2.47 bits per heavy atom. The number of amides is 1. The number of ketones is 1. The Morgan fingerprint density at radius 2 is 1.78 bits per heavy atom. The summed E-state index contributed by atoms with van der Waals surface area (Å²) in [7, 11) is -3.72. The lowest BCUT2D eigenvalue weighted by molar-refractivity contribution is -0.143. The van der Waals surface area contributed by atoms with E-state index in [1.165, 1.54) is 25.1 Å². The normalized spacial score (nSPS) is 16.0. The SMILES string of the molecule is CCCC(=O)Nc1ccc(C(=O)COC(=O)C(C)N=C2NS(=O)(=O)c3ccccc32)cc1. The van der Waals surface area contributed by atoms with Crippen LogP contribution < -0.4 is 10.0 Å². The number of carbonyl (C=O) groups is 3. The van der Waals surface area contributed by atoms with Crippen molar-refractivity contribution >= 4 is 39.2 Å². The third-order valence-corrected chi connectivity index (χ3v) is 6.04. The molecule has 168 valence electrons. The minimum atomic E-state index is -3.72. The van der Waals surface area contributed by atoms with Crippen LogP contribution in [0.4, 0.5) is 5.69 Å². The Balaban J connectivity index is 1.58. The first-order chi connectivity index (χ1) is 15.2. The van der Waals surface area contributed by atoms with Crippen LogP contribution >= 0.6 is 0 Å². The lowest BCUT2D eigenvalue weighted by atomic mass is 10.1. The van der Waals surface area contributed by atoms with E-state index in [0.717, 1.165) is 6.42 Å². The molecular weight excluding hydrogens is 434 g/mol. The van der Waals surface area contributed by atoms with Gasteiger partial charge in [-0.2, -0.15) is 0 Å². The number of sulfonamides is 1. The van der Waals surface area contributed by atoms with Gasteiger partial charge in [-0.05, 0) is 49.7 Å². The highest BCUT2D eigenvalue weighted by Gasteiger charge is 2.31. The van der Waals surface area contributed by atoms with E-state index in [2.05, 4.69) is 15.0 Å². The quantitative estimate of drug-likeness (QED) is 0.462.